The fourth-order valence-electron chi connectivity index (χ4n) is 2.48. The Morgan fingerprint density at radius 2 is 1.83 bits per heavy atom. The van der Waals surface area contributed by atoms with Crippen LogP contribution in [0.5, 0.6) is 5.75 Å². The van der Waals surface area contributed by atoms with Gasteiger partial charge in [-0.1, -0.05) is 15.9 Å². The van der Waals surface area contributed by atoms with Crippen molar-refractivity contribution in [3.8, 4) is 17.1 Å². The molecule has 0 bridgehead atoms. The van der Waals surface area contributed by atoms with Crippen LogP contribution in [0.25, 0.3) is 11.4 Å². The van der Waals surface area contributed by atoms with Crippen molar-refractivity contribution in [2.75, 3.05) is 19.1 Å². The topological polar surface area (TPSA) is 43.2 Å². The highest BCUT2D eigenvalue weighted by atomic mass is 79.9. The largest absolute Gasteiger partial charge is 0.496 e. The van der Waals surface area contributed by atoms with Gasteiger partial charge in [0.05, 0.1) is 12.7 Å². The van der Waals surface area contributed by atoms with E-state index in [1.807, 2.05) is 41.8 Å². The van der Waals surface area contributed by atoms with Crippen molar-refractivity contribution in [2.24, 2.45) is 7.05 Å². The molecule has 2 aromatic carbocycles. The van der Waals surface area contributed by atoms with Gasteiger partial charge in [0, 0.05) is 24.3 Å². The average molecular weight is 391 g/mol. The fraction of sp³-hybridized carbons (Fsp3) is 0.176. The zero-order valence-corrected chi connectivity index (χ0v) is 15.1. The normalized spacial score (nSPS) is 10.7. The number of anilines is 2. The van der Waals surface area contributed by atoms with Crippen molar-refractivity contribution < 1.29 is 9.13 Å². The van der Waals surface area contributed by atoms with Crippen LogP contribution in [0.1, 0.15) is 0 Å². The van der Waals surface area contributed by atoms with Crippen LogP contribution in [0.3, 0.4) is 0 Å². The maximum absolute atomic E-state index is 13.1. The van der Waals surface area contributed by atoms with Gasteiger partial charge in [-0.25, -0.2) is 4.39 Å². The third-order valence-electron chi connectivity index (χ3n) is 3.77. The summed E-state index contributed by atoms with van der Waals surface area (Å²) in [6.07, 6.45) is 0. The van der Waals surface area contributed by atoms with E-state index >= 15 is 0 Å². The van der Waals surface area contributed by atoms with Gasteiger partial charge in [-0.15, -0.1) is 10.2 Å². The highest BCUT2D eigenvalue weighted by molar-refractivity contribution is 9.10. The van der Waals surface area contributed by atoms with Crippen LogP contribution in [-0.4, -0.2) is 28.9 Å². The maximum Gasteiger partial charge on any atom is 0.231 e. The van der Waals surface area contributed by atoms with Gasteiger partial charge in [0.15, 0.2) is 5.82 Å². The first-order valence-corrected chi connectivity index (χ1v) is 8.03. The third-order valence-corrected chi connectivity index (χ3v) is 4.26. The van der Waals surface area contributed by atoms with Crippen molar-refractivity contribution in [2.45, 2.75) is 0 Å². The summed E-state index contributed by atoms with van der Waals surface area (Å²) < 4.78 is 21.3. The van der Waals surface area contributed by atoms with Gasteiger partial charge in [-0.3, -0.25) is 4.57 Å². The van der Waals surface area contributed by atoms with Gasteiger partial charge >= 0.3 is 0 Å². The number of aromatic nitrogens is 3. The summed E-state index contributed by atoms with van der Waals surface area (Å²) in [5, 5.41) is 8.56. The molecule has 1 aromatic heterocycles. The maximum atomic E-state index is 13.1. The second-order valence-corrected chi connectivity index (χ2v) is 6.18. The van der Waals surface area contributed by atoms with Crippen LogP contribution < -0.4 is 9.64 Å². The smallest absolute Gasteiger partial charge is 0.231 e. The summed E-state index contributed by atoms with van der Waals surface area (Å²) in [5.74, 6) is 1.76. The minimum atomic E-state index is -0.273. The number of rotatable bonds is 4. The molecule has 124 valence electrons. The van der Waals surface area contributed by atoms with Crippen LogP contribution in [0.2, 0.25) is 0 Å². The van der Waals surface area contributed by atoms with Crippen LogP contribution in [0.15, 0.2) is 46.9 Å². The second-order valence-electron chi connectivity index (χ2n) is 5.26. The SMILES string of the molecule is COc1cc(Br)ccc1-c1nnc(N(C)c2ccc(F)cc2)n1C. The summed E-state index contributed by atoms with van der Waals surface area (Å²) in [6.45, 7) is 0. The molecule has 0 atom stereocenters. The molecule has 0 aliphatic carbocycles. The lowest BCUT2D eigenvalue weighted by atomic mass is 10.2. The Bertz CT molecular complexity index is 864. The molecule has 0 unspecified atom stereocenters. The van der Waals surface area contributed by atoms with E-state index in [4.69, 9.17) is 4.74 Å². The molecule has 5 nitrogen and oxygen atoms in total. The van der Waals surface area contributed by atoms with Gasteiger partial charge < -0.3 is 9.64 Å². The summed E-state index contributed by atoms with van der Waals surface area (Å²) in [7, 11) is 5.36. The predicted octanol–water partition coefficient (Wildman–Crippen LogP) is 4.16. The Labute approximate surface area is 147 Å². The summed E-state index contributed by atoms with van der Waals surface area (Å²) in [5.41, 5.74) is 1.66. The number of ether oxygens (including phenoxy) is 1. The highest BCUT2D eigenvalue weighted by Gasteiger charge is 2.18. The van der Waals surface area contributed by atoms with Crippen molar-refractivity contribution in [3.63, 3.8) is 0 Å². The van der Waals surface area contributed by atoms with E-state index in [1.54, 1.807) is 19.2 Å². The molecule has 0 radical (unpaired) electrons. The number of hydrogen-bond acceptors (Lipinski definition) is 4. The molecule has 0 aliphatic rings. The van der Waals surface area contributed by atoms with Crippen molar-refractivity contribution >= 4 is 27.6 Å². The lowest BCUT2D eigenvalue weighted by Crippen LogP contribution is -2.14. The van der Waals surface area contributed by atoms with E-state index in [0.717, 1.165) is 15.7 Å². The van der Waals surface area contributed by atoms with E-state index in [-0.39, 0.29) is 5.82 Å². The Morgan fingerprint density at radius 1 is 1.12 bits per heavy atom. The van der Waals surface area contributed by atoms with Gasteiger partial charge in [-0.2, -0.15) is 0 Å². The molecule has 24 heavy (non-hydrogen) atoms. The van der Waals surface area contributed by atoms with Gasteiger partial charge in [0.2, 0.25) is 5.95 Å². The Balaban J connectivity index is 2.01. The first kappa shape index (κ1) is 16.4. The first-order chi connectivity index (χ1) is 11.5. The van der Waals surface area contributed by atoms with Crippen LogP contribution in [-0.2, 0) is 7.05 Å². The minimum Gasteiger partial charge on any atom is -0.496 e. The molecule has 0 fully saturated rings. The number of benzene rings is 2. The number of hydrogen-bond donors (Lipinski definition) is 0. The molecule has 0 aliphatic heterocycles. The zero-order valence-electron chi connectivity index (χ0n) is 13.5. The van der Waals surface area contributed by atoms with Gasteiger partial charge in [0.1, 0.15) is 11.6 Å². The molecular formula is C17H16BrFN4O. The standard InChI is InChI=1S/C17H16BrFN4O/c1-22(13-7-5-12(19)6-8-13)17-21-20-16(23(17)2)14-9-4-11(18)10-15(14)24-3/h4-10H,1-3H3. The molecule has 0 saturated carbocycles. The van der Waals surface area contributed by atoms with Crippen molar-refractivity contribution in [1.29, 1.82) is 0 Å². The van der Waals surface area contributed by atoms with E-state index < -0.39 is 0 Å². The molecule has 1 heterocycles. The summed E-state index contributed by atoms with van der Waals surface area (Å²) in [6, 6.07) is 12.0. The number of nitrogens with zero attached hydrogens (tertiary/aromatic N) is 4. The van der Waals surface area contributed by atoms with E-state index in [1.165, 1.54) is 12.1 Å². The predicted molar refractivity (Wildman–Crippen MR) is 95.2 cm³/mol. The molecule has 3 rings (SSSR count). The van der Waals surface area contributed by atoms with Gasteiger partial charge in [-0.05, 0) is 42.5 Å². The van der Waals surface area contributed by atoms with E-state index in [0.29, 0.717) is 17.5 Å². The van der Waals surface area contributed by atoms with E-state index in [2.05, 4.69) is 26.1 Å². The number of halogens is 2. The fourth-order valence-corrected chi connectivity index (χ4v) is 2.82. The molecule has 3 aromatic rings. The van der Waals surface area contributed by atoms with E-state index in [9.17, 15) is 4.39 Å². The average Bonchev–Trinajstić information content (AvgIpc) is 2.96. The Kier molecular flexibility index (Phi) is 4.53. The molecule has 0 saturated heterocycles. The third kappa shape index (κ3) is 2.99. The highest BCUT2D eigenvalue weighted by Crippen LogP contribution is 2.33. The van der Waals surface area contributed by atoms with Crippen molar-refractivity contribution in [1.82, 2.24) is 14.8 Å². The molecule has 0 N–H and O–H groups in total. The molecule has 0 amide bonds. The zero-order chi connectivity index (χ0) is 17.3. The quantitative estimate of drug-likeness (QED) is 0.670. The van der Waals surface area contributed by atoms with Crippen LogP contribution >= 0.6 is 15.9 Å². The van der Waals surface area contributed by atoms with Crippen LogP contribution in [0.4, 0.5) is 16.0 Å². The monoisotopic (exact) mass is 390 g/mol. The Morgan fingerprint density at radius 3 is 2.50 bits per heavy atom. The molecule has 7 heteroatoms. The summed E-state index contributed by atoms with van der Waals surface area (Å²) >= 11 is 3.43. The first-order valence-electron chi connectivity index (χ1n) is 7.24. The summed E-state index contributed by atoms with van der Waals surface area (Å²) in [4.78, 5) is 1.85. The van der Waals surface area contributed by atoms with Crippen LogP contribution in [0, 0.1) is 5.82 Å². The Hall–Kier alpha value is -2.41. The minimum absolute atomic E-state index is 0.273. The molecular weight excluding hydrogens is 375 g/mol. The second kappa shape index (κ2) is 6.60. The van der Waals surface area contributed by atoms with Crippen molar-refractivity contribution in [3.05, 3.63) is 52.8 Å². The number of methoxy groups -OCH3 is 1. The lowest BCUT2D eigenvalue weighted by Gasteiger charge is -2.18. The lowest BCUT2D eigenvalue weighted by molar-refractivity contribution is 0.415. The van der Waals surface area contributed by atoms with Gasteiger partial charge in [0.25, 0.3) is 0 Å². The molecule has 0 spiro atoms.